The van der Waals surface area contributed by atoms with Crippen LogP contribution in [-0.2, 0) is 24.4 Å². The SMILES string of the molecule is COc1ccc(CNC(=O)c2nnn3c2CO[C@H](c2ccc(OC)cc2)C3)cc1. The maximum Gasteiger partial charge on any atom is 0.274 e. The normalized spacial score (nSPS) is 15.4. The first-order valence-corrected chi connectivity index (χ1v) is 9.27. The summed E-state index contributed by atoms with van der Waals surface area (Å²) in [5.41, 5.74) is 2.97. The Hall–Kier alpha value is -3.39. The number of nitrogens with one attached hydrogen (secondary N) is 1. The number of carbonyl (C=O) groups excluding carboxylic acids is 1. The van der Waals surface area contributed by atoms with E-state index in [1.165, 1.54) is 0 Å². The van der Waals surface area contributed by atoms with Crippen LogP contribution in [0, 0.1) is 0 Å². The lowest BCUT2D eigenvalue weighted by Gasteiger charge is -2.24. The van der Waals surface area contributed by atoms with E-state index in [1.807, 2.05) is 48.5 Å². The molecule has 150 valence electrons. The van der Waals surface area contributed by atoms with Crippen LogP contribution in [0.3, 0.4) is 0 Å². The van der Waals surface area contributed by atoms with Crippen molar-refractivity contribution < 1.29 is 19.0 Å². The summed E-state index contributed by atoms with van der Waals surface area (Å²) in [6.07, 6.45) is -0.148. The molecule has 29 heavy (non-hydrogen) atoms. The lowest BCUT2D eigenvalue weighted by Crippen LogP contribution is -2.27. The van der Waals surface area contributed by atoms with Gasteiger partial charge in [-0.15, -0.1) is 5.10 Å². The average Bonchev–Trinajstić information content (AvgIpc) is 3.21. The van der Waals surface area contributed by atoms with E-state index in [4.69, 9.17) is 14.2 Å². The third-order valence-electron chi connectivity index (χ3n) is 4.91. The Bertz CT molecular complexity index is 983. The highest BCUT2D eigenvalue weighted by Gasteiger charge is 2.27. The molecule has 1 amide bonds. The minimum Gasteiger partial charge on any atom is -0.497 e. The molecule has 1 atom stereocenters. The Morgan fingerprint density at radius 2 is 1.76 bits per heavy atom. The predicted octanol–water partition coefficient (Wildman–Crippen LogP) is 2.50. The Morgan fingerprint density at radius 3 is 2.41 bits per heavy atom. The number of hydrogen-bond donors (Lipinski definition) is 1. The summed E-state index contributed by atoms with van der Waals surface area (Å²) < 4.78 is 18.0. The minimum absolute atomic E-state index is 0.148. The van der Waals surface area contributed by atoms with E-state index >= 15 is 0 Å². The first-order chi connectivity index (χ1) is 14.2. The molecule has 1 aliphatic rings. The van der Waals surface area contributed by atoms with Crippen LogP contribution >= 0.6 is 0 Å². The molecule has 0 saturated heterocycles. The van der Waals surface area contributed by atoms with Crippen molar-refractivity contribution >= 4 is 5.91 Å². The number of amides is 1. The molecule has 0 radical (unpaired) electrons. The van der Waals surface area contributed by atoms with Gasteiger partial charge in [0.25, 0.3) is 5.91 Å². The summed E-state index contributed by atoms with van der Waals surface area (Å²) in [7, 11) is 3.25. The smallest absolute Gasteiger partial charge is 0.274 e. The molecule has 3 aromatic rings. The molecule has 1 aromatic heterocycles. The second-order valence-electron chi connectivity index (χ2n) is 6.67. The van der Waals surface area contributed by atoms with Crippen LogP contribution in [0.15, 0.2) is 48.5 Å². The number of carbonyl (C=O) groups is 1. The summed E-state index contributed by atoms with van der Waals surface area (Å²) in [5.74, 6) is 1.30. The number of fused-ring (bicyclic) bond motifs is 1. The molecule has 1 N–H and O–H groups in total. The summed E-state index contributed by atoms with van der Waals surface area (Å²) in [4.78, 5) is 12.6. The minimum atomic E-state index is -0.270. The number of benzene rings is 2. The maximum absolute atomic E-state index is 12.6. The number of rotatable bonds is 6. The molecule has 0 saturated carbocycles. The van der Waals surface area contributed by atoms with Crippen LogP contribution in [0.25, 0.3) is 0 Å². The molecule has 0 aliphatic carbocycles. The molecule has 1 aliphatic heterocycles. The van der Waals surface area contributed by atoms with Gasteiger partial charge in [0.1, 0.15) is 17.6 Å². The second kappa shape index (κ2) is 8.32. The first kappa shape index (κ1) is 18.9. The highest BCUT2D eigenvalue weighted by Crippen LogP contribution is 2.28. The van der Waals surface area contributed by atoms with E-state index in [9.17, 15) is 4.79 Å². The van der Waals surface area contributed by atoms with Crippen molar-refractivity contribution in [2.75, 3.05) is 14.2 Å². The van der Waals surface area contributed by atoms with Gasteiger partial charge < -0.3 is 19.5 Å². The standard InChI is InChI=1S/C21H22N4O4/c1-27-16-7-3-14(4-8-16)11-22-21(26)20-18-13-29-19(12-25(18)24-23-20)15-5-9-17(28-2)10-6-15/h3-10,19H,11-13H2,1-2H3,(H,22,26)/t19-/m0/s1. The van der Waals surface area contributed by atoms with Gasteiger partial charge in [-0.1, -0.05) is 29.5 Å². The van der Waals surface area contributed by atoms with Gasteiger partial charge in [-0.3, -0.25) is 4.79 Å². The zero-order valence-electron chi connectivity index (χ0n) is 16.3. The van der Waals surface area contributed by atoms with Crippen molar-refractivity contribution in [3.63, 3.8) is 0 Å². The van der Waals surface area contributed by atoms with Crippen molar-refractivity contribution in [1.82, 2.24) is 20.3 Å². The number of hydrogen-bond acceptors (Lipinski definition) is 6. The van der Waals surface area contributed by atoms with Crippen molar-refractivity contribution in [2.24, 2.45) is 0 Å². The van der Waals surface area contributed by atoms with Crippen molar-refractivity contribution in [2.45, 2.75) is 25.8 Å². The summed E-state index contributed by atoms with van der Waals surface area (Å²) in [6, 6.07) is 15.2. The number of methoxy groups -OCH3 is 2. The van der Waals surface area contributed by atoms with Gasteiger partial charge in [0.15, 0.2) is 5.69 Å². The van der Waals surface area contributed by atoms with Gasteiger partial charge in [-0.25, -0.2) is 4.68 Å². The highest BCUT2D eigenvalue weighted by atomic mass is 16.5. The van der Waals surface area contributed by atoms with Crippen LogP contribution in [0.2, 0.25) is 0 Å². The van der Waals surface area contributed by atoms with Crippen molar-refractivity contribution in [3.8, 4) is 11.5 Å². The maximum atomic E-state index is 12.6. The number of ether oxygens (including phenoxy) is 3. The molecule has 2 aromatic carbocycles. The second-order valence-corrected chi connectivity index (χ2v) is 6.67. The fourth-order valence-electron chi connectivity index (χ4n) is 3.22. The third-order valence-corrected chi connectivity index (χ3v) is 4.91. The zero-order chi connectivity index (χ0) is 20.2. The summed E-state index contributed by atoms with van der Waals surface area (Å²) in [5, 5.41) is 11.1. The van der Waals surface area contributed by atoms with Crippen LogP contribution in [0.4, 0.5) is 0 Å². The highest BCUT2D eigenvalue weighted by molar-refractivity contribution is 5.93. The molecule has 2 heterocycles. The molecule has 8 heteroatoms. The van der Waals surface area contributed by atoms with Gasteiger partial charge in [-0.2, -0.15) is 0 Å². The van der Waals surface area contributed by atoms with E-state index in [-0.39, 0.29) is 18.6 Å². The summed E-state index contributed by atoms with van der Waals surface area (Å²) in [6.45, 7) is 1.17. The van der Waals surface area contributed by atoms with E-state index in [2.05, 4.69) is 15.6 Å². The lowest BCUT2D eigenvalue weighted by atomic mass is 10.1. The molecule has 4 rings (SSSR count). The quantitative estimate of drug-likeness (QED) is 0.691. The van der Waals surface area contributed by atoms with Crippen molar-refractivity contribution in [1.29, 1.82) is 0 Å². The third kappa shape index (κ3) is 4.07. The van der Waals surface area contributed by atoms with E-state index < -0.39 is 0 Å². The Balaban J connectivity index is 1.40. The van der Waals surface area contributed by atoms with Crippen LogP contribution in [-0.4, -0.2) is 35.1 Å². The Morgan fingerprint density at radius 1 is 1.10 bits per heavy atom. The fourth-order valence-corrected chi connectivity index (χ4v) is 3.22. The van der Waals surface area contributed by atoms with Crippen molar-refractivity contribution in [3.05, 3.63) is 71.0 Å². The number of nitrogens with zero attached hydrogens (tertiary/aromatic N) is 3. The molecule has 0 spiro atoms. The largest absolute Gasteiger partial charge is 0.497 e. The van der Waals surface area contributed by atoms with E-state index in [0.717, 1.165) is 22.6 Å². The molecular formula is C21H22N4O4. The van der Waals surface area contributed by atoms with Gasteiger partial charge in [-0.05, 0) is 35.4 Å². The fraction of sp³-hybridized carbons (Fsp3) is 0.286. The first-order valence-electron chi connectivity index (χ1n) is 9.27. The van der Waals surface area contributed by atoms with Crippen LogP contribution in [0.5, 0.6) is 11.5 Å². The average molecular weight is 394 g/mol. The van der Waals surface area contributed by atoms with Gasteiger partial charge in [0.2, 0.25) is 0 Å². The summed E-state index contributed by atoms with van der Waals surface area (Å²) >= 11 is 0. The zero-order valence-corrected chi connectivity index (χ0v) is 16.3. The lowest BCUT2D eigenvalue weighted by molar-refractivity contribution is -0.00179. The molecule has 0 bridgehead atoms. The van der Waals surface area contributed by atoms with Crippen LogP contribution < -0.4 is 14.8 Å². The van der Waals surface area contributed by atoms with E-state index in [1.54, 1.807) is 18.9 Å². The van der Waals surface area contributed by atoms with Gasteiger partial charge in [0.05, 0.1) is 33.1 Å². The molecule has 0 unspecified atom stereocenters. The molecular weight excluding hydrogens is 372 g/mol. The van der Waals surface area contributed by atoms with Crippen LogP contribution in [0.1, 0.15) is 33.4 Å². The predicted molar refractivity (Wildman–Crippen MR) is 105 cm³/mol. The van der Waals surface area contributed by atoms with Gasteiger partial charge in [0, 0.05) is 6.54 Å². The monoisotopic (exact) mass is 394 g/mol. The van der Waals surface area contributed by atoms with E-state index in [0.29, 0.717) is 24.5 Å². The molecule has 8 nitrogen and oxygen atoms in total. The Kier molecular flexibility index (Phi) is 5.44. The number of aromatic nitrogens is 3. The molecule has 0 fully saturated rings. The Labute approximate surface area is 168 Å². The van der Waals surface area contributed by atoms with Gasteiger partial charge >= 0.3 is 0 Å². The topological polar surface area (TPSA) is 87.5 Å².